The van der Waals surface area contributed by atoms with Crippen molar-refractivity contribution in [3.63, 3.8) is 0 Å². The molecule has 8 aromatic rings. The maximum atomic E-state index is 6.32. The van der Waals surface area contributed by atoms with E-state index in [4.69, 9.17) is 4.74 Å². The van der Waals surface area contributed by atoms with E-state index in [9.17, 15) is 0 Å². The molecule has 0 amide bonds. The van der Waals surface area contributed by atoms with E-state index in [0.717, 1.165) is 22.7 Å². The van der Waals surface area contributed by atoms with Crippen molar-refractivity contribution in [3.05, 3.63) is 140 Å². The van der Waals surface area contributed by atoms with Crippen molar-refractivity contribution < 1.29 is 4.74 Å². The molecule has 0 saturated heterocycles. The van der Waals surface area contributed by atoms with Crippen molar-refractivity contribution in [2.24, 2.45) is 0 Å². The molecule has 0 saturated carbocycles. The van der Waals surface area contributed by atoms with Gasteiger partial charge in [-0.25, -0.2) is 0 Å². The zero-order valence-electron chi connectivity index (χ0n) is 21.6. The first-order valence-corrected chi connectivity index (χ1v) is 13.7. The first-order valence-electron chi connectivity index (χ1n) is 13.7. The highest BCUT2D eigenvalue weighted by Crippen LogP contribution is 2.47. The van der Waals surface area contributed by atoms with Crippen LogP contribution in [-0.2, 0) is 0 Å². The van der Waals surface area contributed by atoms with Gasteiger partial charge in [-0.1, -0.05) is 97.1 Å². The number of hydrogen-bond acceptors (Lipinski definition) is 1. The monoisotopic (exact) mass is 509 g/mol. The Hall–Kier alpha value is -5.34. The molecule has 0 N–H and O–H groups in total. The van der Waals surface area contributed by atoms with Gasteiger partial charge in [0.05, 0.1) is 11.0 Å². The third-order valence-corrected chi connectivity index (χ3v) is 8.38. The number of fused-ring (bicyclic) bond motifs is 7. The molecule has 7 aromatic carbocycles. The molecule has 2 heterocycles. The van der Waals surface area contributed by atoms with Crippen LogP contribution in [0.4, 0.5) is 0 Å². The highest BCUT2D eigenvalue weighted by atomic mass is 16.5. The molecule has 9 rings (SSSR count). The summed E-state index contributed by atoms with van der Waals surface area (Å²) in [4.78, 5) is 0. The van der Waals surface area contributed by atoms with E-state index in [1.807, 2.05) is 0 Å². The lowest BCUT2D eigenvalue weighted by molar-refractivity contribution is 0.487. The molecule has 0 aliphatic carbocycles. The van der Waals surface area contributed by atoms with Gasteiger partial charge in [-0.3, -0.25) is 0 Å². The van der Waals surface area contributed by atoms with Crippen molar-refractivity contribution in [1.29, 1.82) is 0 Å². The normalized spacial score (nSPS) is 12.2. The van der Waals surface area contributed by atoms with Gasteiger partial charge in [0.2, 0.25) is 0 Å². The fourth-order valence-corrected chi connectivity index (χ4v) is 6.56. The molecule has 40 heavy (non-hydrogen) atoms. The number of rotatable bonds is 2. The Morgan fingerprint density at radius 1 is 0.425 bits per heavy atom. The van der Waals surface area contributed by atoms with Crippen LogP contribution in [-0.4, -0.2) is 4.57 Å². The highest BCUT2D eigenvalue weighted by molar-refractivity contribution is 6.21. The minimum absolute atomic E-state index is 0.907. The SMILES string of the molecule is c1cc2c3c(cccc3c1)-c1cc(-c3ccc(-n4c5ccccc5c5c6ccccc6ccc54)cc3)ccc1O2. The lowest BCUT2D eigenvalue weighted by Gasteiger charge is -2.22. The Morgan fingerprint density at radius 3 is 2.08 bits per heavy atom. The molecule has 1 aliphatic rings. The molecule has 0 unspecified atom stereocenters. The second kappa shape index (κ2) is 8.08. The summed E-state index contributed by atoms with van der Waals surface area (Å²) < 4.78 is 8.71. The quantitative estimate of drug-likeness (QED) is 0.226. The number of hydrogen-bond donors (Lipinski definition) is 0. The van der Waals surface area contributed by atoms with Gasteiger partial charge in [0.15, 0.2) is 0 Å². The second-order valence-corrected chi connectivity index (χ2v) is 10.6. The van der Waals surface area contributed by atoms with Gasteiger partial charge >= 0.3 is 0 Å². The third kappa shape index (κ3) is 2.99. The number of para-hydroxylation sites is 1. The molecule has 0 bridgehead atoms. The summed E-state index contributed by atoms with van der Waals surface area (Å²) >= 11 is 0. The average Bonchev–Trinajstić information content (AvgIpc) is 3.36. The van der Waals surface area contributed by atoms with E-state index < -0.39 is 0 Å². The number of aromatic nitrogens is 1. The van der Waals surface area contributed by atoms with Crippen molar-refractivity contribution in [2.75, 3.05) is 0 Å². The Labute approximate surface area is 231 Å². The Morgan fingerprint density at radius 2 is 1.18 bits per heavy atom. The Balaban J connectivity index is 1.19. The molecule has 2 heteroatoms. The van der Waals surface area contributed by atoms with Crippen LogP contribution in [0.1, 0.15) is 0 Å². The fraction of sp³-hybridized carbons (Fsp3) is 0. The first kappa shape index (κ1) is 21.6. The third-order valence-electron chi connectivity index (χ3n) is 8.38. The van der Waals surface area contributed by atoms with Gasteiger partial charge in [-0.2, -0.15) is 0 Å². The Bertz CT molecular complexity index is 2280. The molecule has 2 nitrogen and oxygen atoms in total. The van der Waals surface area contributed by atoms with Gasteiger partial charge < -0.3 is 9.30 Å². The second-order valence-electron chi connectivity index (χ2n) is 10.6. The van der Waals surface area contributed by atoms with Crippen LogP contribution in [0.2, 0.25) is 0 Å². The minimum Gasteiger partial charge on any atom is -0.456 e. The molecular weight excluding hydrogens is 486 g/mol. The molecular formula is C38H23NO. The van der Waals surface area contributed by atoms with Gasteiger partial charge in [0.25, 0.3) is 0 Å². The van der Waals surface area contributed by atoms with Crippen LogP contribution >= 0.6 is 0 Å². The lowest BCUT2D eigenvalue weighted by Crippen LogP contribution is -1.97. The van der Waals surface area contributed by atoms with Gasteiger partial charge in [0.1, 0.15) is 11.5 Å². The van der Waals surface area contributed by atoms with Crippen molar-refractivity contribution in [2.45, 2.75) is 0 Å². The molecule has 186 valence electrons. The van der Waals surface area contributed by atoms with E-state index >= 15 is 0 Å². The minimum atomic E-state index is 0.907. The zero-order valence-corrected chi connectivity index (χ0v) is 21.6. The maximum absolute atomic E-state index is 6.32. The van der Waals surface area contributed by atoms with Crippen LogP contribution in [0, 0.1) is 0 Å². The van der Waals surface area contributed by atoms with E-state index in [0.29, 0.717) is 0 Å². The molecule has 0 atom stereocenters. The van der Waals surface area contributed by atoms with Gasteiger partial charge in [0, 0.05) is 27.4 Å². The van der Waals surface area contributed by atoms with E-state index in [1.54, 1.807) is 0 Å². The van der Waals surface area contributed by atoms with Crippen LogP contribution < -0.4 is 4.74 Å². The van der Waals surface area contributed by atoms with Crippen LogP contribution in [0.25, 0.3) is 71.3 Å². The van der Waals surface area contributed by atoms with E-state index in [-0.39, 0.29) is 0 Å². The van der Waals surface area contributed by atoms with Crippen molar-refractivity contribution in [1.82, 2.24) is 4.57 Å². The zero-order chi connectivity index (χ0) is 26.2. The predicted octanol–water partition coefficient (Wildman–Crippen LogP) is 10.5. The summed E-state index contributed by atoms with van der Waals surface area (Å²) in [5.74, 6) is 1.83. The summed E-state index contributed by atoms with van der Waals surface area (Å²) in [6.07, 6.45) is 0. The highest BCUT2D eigenvalue weighted by Gasteiger charge is 2.20. The summed E-state index contributed by atoms with van der Waals surface area (Å²) in [5, 5.41) is 7.53. The van der Waals surface area contributed by atoms with Gasteiger partial charge in [-0.05, 0) is 75.3 Å². The van der Waals surface area contributed by atoms with E-state index in [2.05, 4.69) is 144 Å². The molecule has 1 aromatic heterocycles. The van der Waals surface area contributed by atoms with E-state index in [1.165, 1.54) is 60.0 Å². The number of ether oxygens (including phenoxy) is 1. The summed E-state index contributed by atoms with van der Waals surface area (Å²) in [6.45, 7) is 0. The summed E-state index contributed by atoms with van der Waals surface area (Å²) in [5.41, 5.74) is 8.34. The first-order chi connectivity index (χ1) is 19.8. The molecule has 0 radical (unpaired) electrons. The predicted molar refractivity (Wildman–Crippen MR) is 167 cm³/mol. The smallest absolute Gasteiger partial charge is 0.135 e. The van der Waals surface area contributed by atoms with Crippen LogP contribution in [0.3, 0.4) is 0 Å². The summed E-state index contributed by atoms with van der Waals surface area (Å²) in [7, 11) is 0. The number of benzene rings is 7. The average molecular weight is 510 g/mol. The standard InChI is InChI=1S/C38H23NO/c1-2-10-29-25(7-1)17-21-34-38(29)31-11-3-4-13-33(31)39(34)28-19-15-24(16-20-28)27-18-22-35-32(23-27)30-12-5-8-26-9-6-14-36(40-35)37(26)30/h1-23H. The summed E-state index contributed by atoms with van der Waals surface area (Å²) in [6, 6.07) is 50.1. The molecule has 0 fully saturated rings. The molecule has 1 aliphatic heterocycles. The largest absolute Gasteiger partial charge is 0.456 e. The lowest BCUT2D eigenvalue weighted by atomic mass is 9.92. The van der Waals surface area contributed by atoms with Gasteiger partial charge in [-0.15, -0.1) is 0 Å². The van der Waals surface area contributed by atoms with Crippen molar-refractivity contribution in [3.8, 4) is 39.4 Å². The topological polar surface area (TPSA) is 14.2 Å². The molecule has 0 spiro atoms. The number of nitrogens with zero attached hydrogens (tertiary/aromatic N) is 1. The Kier molecular flexibility index (Phi) is 4.36. The fourth-order valence-electron chi connectivity index (χ4n) is 6.56. The van der Waals surface area contributed by atoms with Crippen LogP contribution in [0.5, 0.6) is 11.5 Å². The van der Waals surface area contributed by atoms with Crippen LogP contribution in [0.15, 0.2) is 140 Å². The van der Waals surface area contributed by atoms with Crippen molar-refractivity contribution >= 4 is 43.4 Å². The maximum Gasteiger partial charge on any atom is 0.135 e.